The number of rotatable bonds is 3. The van der Waals surface area contributed by atoms with E-state index in [9.17, 15) is 24.3 Å². The number of carbonyl (C=O) groups excluding carboxylic acids is 4. The number of nitrogens with zero attached hydrogens (tertiary/aromatic N) is 4. The van der Waals surface area contributed by atoms with E-state index < -0.39 is 0 Å². The maximum absolute atomic E-state index is 13.4. The molecule has 1 N–H and O–H groups in total. The van der Waals surface area contributed by atoms with E-state index in [1.54, 1.807) is 53.1 Å². The molecule has 0 spiro atoms. The van der Waals surface area contributed by atoms with Crippen LogP contribution >= 0.6 is 0 Å². The highest BCUT2D eigenvalue weighted by Gasteiger charge is 2.35. The van der Waals surface area contributed by atoms with Gasteiger partial charge in [0.05, 0.1) is 23.2 Å². The smallest absolute Gasteiger partial charge is 0.320 e. The summed E-state index contributed by atoms with van der Waals surface area (Å²) in [4.78, 5) is 58.2. The summed E-state index contributed by atoms with van der Waals surface area (Å²) < 4.78 is 0. The van der Waals surface area contributed by atoms with Gasteiger partial charge in [-0.05, 0) is 55.5 Å². The number of hydrogen-bond donors (Lipinski definition) is 1. The maximum atomic E-state index is 13.4. The van der Waals surface area contributed by atoms with Crippen molar-refractivity contribution in [2.75, 3.05) is 39.3 Å². The fraction of sp³-hybridized carbons (Fsp3) is 0.407. The van der Waals surface area contributed by atoms with Gasteiger partial charge in [-0.25, -0.2) is 4.79 Å². The number of likely N-dealkylation sites (tertiary alicyclic amines) is 1. The van der Waals surface area contributed by atoms with Gasteiger partial charge in [0.25, 0.3) is 17.7 Å². The van der Waals surface area contributed by atoms with Gasteiger partial charge < -0.3 is 19.8 Å². The van der Waals surface area contributed by atoms with E-state index in [2.05, 4.69) is 0 Å². The second-order valence-electron chi connectivity index (χ2n) is 9.66. The van der Waals surface area contributed by atoms with Crippen LogP contribution in [0.1, 0.15) is 61.5 Å². The van der Waals surface area contributed by atoms with Gasteiger partial charge in [0.2, 0.25) is 0 Å². The minimum atomic E-state index is -0.372. The van der Waals surface area contributed by atoms with Crippen molar-refractivity contribution in [3.8, 4) is 5.75 Å². The van der Waals surface area contributed by atoms with Gasteiger partial charge >= 0.3 is 6.03 Å². The van der Waals surface area contributed by atoms with Crippen LogP contribution in [-0.2, 0) is 6.54 Å². The zero-order valence-corrected chi connectivity index (χ0v) is 20.4. The zero-order chi connectivity index (χ0) is 25.4. The first-order valence-electron chi connectivity index (χ1n) is 12.5. The van der Waals surface area contributed by atoms with E-state index in [0.717, 1.165) is 37.3 Å². The quantitative estimate of drug-likeness (QED) is 0.667. The van der Waals surface area contributed by atoms with Crippen molar-refractivity contribution >= 4 is 23.8 Å². The lowest BCUT2D eigenvalue weighted by Crippen LogP contribution is -2.54. The van der Waals surface area contributed by atoms with Crippen LogP contribution < -0.4 is 0 Å². The first-order chi connectivity index (χ1) is 17.3. The third-order valence-electron chi connectivity index (χ3n) is 7.27. The molecule has 0 atom stereocenters. The second kappa shape index (κ2) is 9.64. The highest BCUT2D eigenvalue weighted by Crippen LogP contribution is 2.29. The van der Waals surface area contributed by atoms with Crippen molar-refractivity contribution < 1.29 is 24.3 Å². The number of piperazine rings is 1. The van der Waals surface area contributed by atoms with Gasteiger partial charge in [-0.3, -0.25) is 19.3 Å². The van der Waals surface area contributed by atoms with Gasteiger partial charge in [-0.1, -0.05) is 18.2 Å². The van der Waals surface area contributed by atoms with Crippen molar-refractivity contribution in [2.24, 2.45) is 0 Å². The number of carbonyl (C=O) groups is 4. The van der Waals surface area contributed by atoms with Crippen LogP contribution in [0.25, 0.3) is 0 Å². The minimum absolute atomic E-state index is 0.00581. The zero-order valence-electron chi connectivity index (χ0n) is 20.4. The highest BCUT2D eigenvalue weighted by atomic mass is 16.3. The molecule has 2 fully saturated rings. The molecule has 3 heterocycles. The largest absolute Gasteiger partial charge is 0.507 e. The number of amides is 5. The first-order valence-corrected chi connectivity index (χ1v) is 12.5. The molecule has 0 saturated carbocycles. The molecule has 2 saturated heterocycles. The predicted octanol–water partition coefficient (Wildman–Crippen LogP) is 2.86. The van der Waals surface area contributed by atoms with Crippen LogP contribution in [0.15, 0.2) is 36.4 Å². The molecule has 0 bridgehead atoms. The van der Waals surface area contributed by atoms with Gasteiger partial charge in [0, 0.05) is 39.3 Å². The Kier molecular flexibility index (Phi) is 6.38. The molecule has 2 aromatic carbocycles. The summed E-state index contributed by atoms with van der Waals surface area (Å²) in [6, 6.07) is 9.96. The summed E-state index contributed by atoms with van der Waals surface area (Å²) in [6.45, 7) is 4.89. The molecule has 5 rings (SSSR count). The monoisotopic (exact) mass is 490 g/mol. The summed E-state index contributed by atoms with van der Waals surface area (Å²) >= 11 is 0. The Balaban J connectivity index is 1.28. The average molecular weight is 491 g/mol. The van der Waals surface area contributed by atoms with E-state index in [1.165, 1.54) is 0 Å². The molecule has 0 radical (unpaired) electrons. The molecule has 2 aromatic rings. The Morgan fingerprint density at radius 3 is 1.97 bits per heavy atom. The Bertz CT molecular complexity index is 1190. The molecule has 0 aliphatic carbocycles. The molecule has 9 heteroatoms. The number of fused-ring (bicyclic) bond motifs is 1. The van der Waals surface area contributed by atoms with Gasteiger partial charge in [0.15, 0.2) is 0 Å². The van der Waals surface area contributed by atoms with Crippen LogP contribution in [0.3, 0.4) is 0 Å². The average Bonchev–Trinajstić information content (AvgIpc) is 3.15. The third kappa shape index (κ3) is 4.29. The van der Waals surface area contributed by atoms with Gasteiger partial charge in [-0.2, -0.15) is 0 Å². The standard InChI is InChI=1S/C27H30N4O5/c1-18-15-19(17-31-25(34)20-7-3-4-8-21(20)26(31)35)16-22(23(18)32)24(33)28-11-13-30(14-12-28)27(36)29-9-5-2-6-10-29/h3-4,7-8,15-16,32H,2,5-6,9-14,17H2,1H3. The van der Waals surface area contributed by atoms with Gasteiger partial charge in [0.1, 0.15) is 5.75 Å². The molecule has 5 amide bonds. The second-order valence-corrected chi connectivity index (χ2v) is 9.66. The van der Waals surface area contributed by atoms with Crippen molar-refractivity contribution in [1.82, 2.24) is 19.6 Å². The molecular weight excluding hydrogens is 460 g/mol. The Morgan fingerprint density at radius 1 is 0.806 bits per heavy atom. The molecular formula is C27H30N4O5. The SMILES string of the molecule is Cc1cc(CN2C(=O)c3ccccc3C2=O)cc(C(=O)N2CCN(C(=O)N3CCCCC3)CC2)c1O. The number of hydrogen-bond acceptors (Lipinski definition) is 5. The number of phenolic OH excluding ortho intramolecular Hbond substituents is 1. The molecule has 9 nitrogen and oxygen atoms in total. The first kappa shape index (κ1) is 23.8. The van der Waals surface area contributed by atoms with Crippen LogP contribution in [-0.4, -0.2) is 87.7 Å². The van der Waals surface area contributed by atoms with Crippen LogP contribution in [0.5, 0.6) is 5.75 Å². The molecule has 0 aromatic heterocycles. The summed E-state index contributed by atoms with van der Waals surface area (Å²) in [5, 5.41) is 10.7. The summed E-state index contributed by atoms with van der Waals surface area (Å²) in [5.41, 5.74) is 1.95. The Morgan fingerprint density at radius 2 is 1.36 bits per heavy atom. The molecule has 3 aliphatic heterocycles. The predicted molar refractivity (Wildman–Crippen MR) is 132 cm³/mol. The highest BCUT2D eigenvalue weighted by molar-refractivity contribution is 6.21. The number of aromatic hydroxyl groups is 1. The minimum Gasteiger partial charge on any atom is -0.507 e. The number of imide groups is 1. The Labute approximate surface area is 209 Å². The number of aryl methyl sites for hydroxylation is 1. The van der Waals surface area contributed by atoms with Crippen molar-refractivity contribution in [3.63, 3.8) is 0 Å². The number of benzene rings is 2. The van der Waals surface area contributed by atoms with Crippen LogP contribution in [0.4, 0.5) is 4.79 Å². The summed E-state index contributed by atoms with van der Waals surface area (Å²) in [5.74, 6) is -1.18. The lowest BCUT2D eigenvalue weighted by molar-refractivity contribution is 0.0629. The van der Waals surface area contributed by atoms with Crippen molar-refractivity contribution in [3.05, 3.63) is 64.2 Å². The lowest BCUT2D eigenvalue weighted by Gasteiger charge is -2.38. The molecule has 188 valence electrons. The fourth-order valence-electron chi connectivity index (χ4n) is 5.23. The van der Waals surface area contributed by atoms with E-state index in [1.807, 2.05) is 4.90 Å². The van der Waals surface area contributed by atoms with E-state index in [0.29, 0.717) is 48.4 Å². The van der Waals surface area contributed by atoms with Gasteiger partial charge in [-0.15, -0.1) is 0 Å². The fourth-order valence-corrected chi connectivity index (χ4v) is 5.23. The molecule has 3 aliphatic rings. The summed E-state index contributed by atoms with van der Waals surface area (Å²) in [7, 11) is 0. The maximum Gasteiger partial charge on any atom is 0.320 e. The van der Waals surface area contributed by atoms with Crippen molar-refractivity contribution in [1.29, 1.82) is 0 Å². The number of phenols is 1. The number of piperidine rings is 1. The van der Waals surface area contributed by atoms with Crippen LogP contribution in [0, 0.1) is 6.92 Å². The normalized spacial score (nSPS) is 18.0. The third-order valence-corrected chi connectivity index (χ3v) is 7.27. The van der Waals surface area contributed by atoms with Crippen molar-refractivity contribution in [2.45, 2.75) is 32.7 Å². The Hall–Kier alpha value is -3.88. The van der Waals surface area contributed by atoms with E-state index in [-0.39, 0.29) is 41.6 Å². The number of urea groups is 1. The van der Waals surface area contributed by atoms with Crippen LogP contribution in [0.2, 0.25) is 0 Å². The summed E-state index contributed by atoms with van der Waals surface area (Å²) in [6.07, 6.45) is 3.21. The van der Waals surface area contributed by atoms with E-state index >= 15 is 0 Å². The van der Waals surface area contributed by atoms with E-state index in [4.69, 9.17) is 0 Å². The topological polar surface area (TPSA) is 101 Å². The lowest BCUT2D eigenvalue weighted by atomic mass is 10.0. The molecule has 0 unspecified atom stereocenters. The molecule has 36 heavy (non-hydrogen) atoms.